The molecular formula is C20H23ClN6O6S. The first-order chi connectivity index (χ1) is 16.0. The van der Waals surface area contributed by atoms with Crippen LogP contribution < -0.4 is 26.8 Å². The van der Waals surface area contributed by atoms with Crippen molar-refractivity contribution in [2.45, 2.75) is 11.8 Å². The molecule has 1 atom stereocenters. The van der Waals surface area contributed by atoms with Crippen LogP contribution in [0.15, 0.2) is 53.5 Å². The van der Waals surface area contributed by atoms with E-state index in [1.165, 1.54) is 48.5 Å². The maximum absolute atomic E-state index is 12.3. The van der Waals surface area contributed by atoms with Gasteiger partial charge in [-0.2, -0.15) is 0 Å². The number of carbonyl (C=O) groups is 3. The number of rotatable bonds is 10. The Balaban J connectivity index is 1.87. The Morgan fingerprint density at radius 1 is 1.03 bits per heavy atom. The van der Waals surface area contributed by atoms with E-state index >= 15 is 0 Å². The molecule has 0 aliphatic carbocycles. The molecule has 0 aliphatic heterocycles. The van der Waals surface area contributed by atoms with Crippen LogP contribution in [0.25, 0.3) is 0 Å². The van der Waals surface area contributed by atoms with Gasteiger partial charge in [-0.25, -0.2) is 18.1 Å². The van der Waals surface area contributed by atoms with E-state index in [4.69, 9.17) is 23.1 Å². The Kier molecular flexibility index (Phi) is 9.50. The molecule has 2 rings (SSSR count). The molecule has 12 nitrogen and oxygen atoms in total. The summed E-state index contributed by atoms with van der Waals surface area (Å²) >= 11 is 5.76. The Bertz CT molecular complexity index is 1170. The molecule has 0 bridgehead atoms. The van der Waals surface area contributed by atoms with Gasteiger partial charge in [-0.15, -0.1) is 0 Å². The van der Waals surface area contributed by atoms with Gasteiger partial charge in [-0.1, -0.05) is 23.7 Å². The minimum atomic E-state index is -4.00. The van der Waals surface area contributed by atoms with Crippen molar-refractivity contribution < 1.29 is 27.9 Å². The number of nitrogens with one attached hydrogen (secondary N) is 3. The molecule has 34 heavy (non-hydrogen) atoms. The Morgan fingerprint density at radius 3 is 2.21 bits per heavy atom. The molecule has 0 heterocycles. The van der Waals surface area contributed by atoms with E-state index in [1.54, 1.807) is 0 Å². The summed E-state index contributed by atoms with van der Waals surface area (Å²) in [5, 5.41) is 14.1. The second kappa shape index (κ2) is 12.1. The maximum Gasteiger partial charge on any atom is 0.257 e. The van der Waals surface area contributed by atoms with Crippen LogP contribution in [-0.2, 0) is 25.4 Å². The highest BCUT2D eigenvalue weighted by molar-refractivity contribution is 7.88. The molecule has 0 aromatic heterocycles. The number of guanidine groups is 1. The lowest BCUT2D eigenvalue weighted by molar-refractivity contribution is -0.127. The molecule has 0 aliphatic rings. The highest BCUT2D eigenvalue weighted by atomic mass is 35.5. The Labute approximate surface area is 200 Å². The first-order valence-corrected chi connectivity index (χ1v) is 11.7. The summed E-state index contributed by atoms with van der Waals surface area (Å²) in [7, 11) is -4.00. The summed E-state index contributed by atoms with van der Waals surface area (Å²) in [6.45, 7) is -1.49. The molecular weight excluding hydrogens is 488 g/mol. The topological polar surface area (TPSA) is 206 Å². The van der Waals surface area contributed by atoms with Gasteiger partial charge in [0.05, 0.1) is 24.6 Å². The number of hydrogen-bond donors (Lipinski definition) is 6. The fourth-order valence-electron chi connectivity index (χ4n) is 2.60. The lowest BCUT2D eigenvalue weighted by Gasteiger charge is -2.16. The molecule has 2 aromatic rings. The van der Waals surface area contributed by atoms with E-state index in [0.717, 1.165) is 0 Å². The number of sulfonamides is 1. The summed E-state index contributed by atoms with van der Waals surface area (Å²) in [4.78, 5) is 40.2. The third kappa shape index (κ3) is 8.78. The summed E-state index contributed by atoms with van der Waals surface area (Å²) in [5.41, 5.74) is 11.5. The predicted molar refractivity (Wildman–Crippen MR) is 125 cm³/mol. The van der Waals surface area contributed by atoms with Gasteiger partial charge < -0.3 is 21.9 Å². The van der Waals surface area contributed by atoms with Gasteiger partial charge in [0.25, 0.3) is 5.91 Å². The highest BCUT2D eigenvalue weighted by Gasteiger charge is 2.24. The molecule has 8 N–H and O–H groups in total. The molecule has 0 spiro atoms. The van der Waals surface area contributed by atoms with Crippen molar-refractivity contribution in [2.75, 3.05) is 13.2 Å². The van der Waals surface area contributed by atoms with E-state index < -0.39 is 52.7 Å². The number of aliphatic hydroxyl groups is 1. The lowest BCUT2D eigenvalue weighted by atomic mass is 10.2. The van der Waals surface area contributed by atoms with Crippen LogP contribution in [0, 0.1) is 0 Å². The quantitative estimate of drug-likeness (QED) is 0.174. The van der Waals surface area contributed by atoms with Gasteiger partial charge in [-0.3, -0.25) is 19.7 Å². The van der Waals surface area contributed by atoms with Gasteiger partial charge in [0.15, 0.2) is 5.96 Å². The van der Waals surface area contributed by atoms with Crippen molar-refractivity contribution in [1.82, 2.24) is 15.4 Å². The highest BCUT2D eigenvalue weighted by Crippen LogP contribution is 2.13. The summed E-state index contributed by atoms with van der Waals surface area (Å²) in [6.07, 6.45) is 0. The zero-order valence-electron chi connectivity index (χ0n) is 17.7. The fraction of sp³-hybridized carbons (Fsp3) is 0.200. The number of nitrogens with zero attached hydrogens (tertiary/aromatic N) is 1. The zero-order chi connectivity index (χ0) is 25.3. The molecule has 0 unspecified atom stereocenters. The van der Waals surface area contributed by atoms with Crippen LogP contribution in [0.5, 0.6) is 0 Å². The first kappa shape index (κ1) is 26.7. The maximum atomic E-state index is 12.3. The summed E-state index contributed by atoms with van der Waals surface area (Å²) < 4.78 is 26.7. The SMILES string of the molecule is NC(N)=Nc1ccc(C(=O)NC(=O)CNC(=O)[C@H](CO)NS(=O)(=O)Cc2ccc(Cl)cc2)cc1. The van der Waals surface area contributed by atoms with Crippen molar-refractivity contribution >= 4 is 51.0 Å². The first-order valence-electron chi connectivity index (χ1n) is 9.66. The number of imide groups is 1. The minimum absolute atomic E-state index is 0.136. The normalized spacial score (nSPS) is 11.8. The standard InChI is InChI=1S/C20H23ClN6O6S/c21-14-5-1-12(2-6-14)11-34(32,33)27-16(10-28)19(31)24-9-17(29)26-18(30)13-3-7-15(8-4-13)25-20(22)23/h1-8,16,27-28H,9-11H2,(H,24,31)(H4,22,23,25)(H,26,29,30)/t16-/m0/s1. The van der Waals surface area contributed by atoms with Crippen molar-refractivity contribution in [3.63, 3.8) is 0 Å². The number of carbonyl (C=O) groups excluding carboxylic acids is 3. The molecule has 14 heteroatoms. The van der Waals surface area contributed by atoms with Crippen LogP contribution in [0.3, 0.4) is 0 Å². The summed E-state index contributed by atoms with van der Waals surface area (Å²) in [5.74, 6) is -3.15. The largest absolute Gasteiger partial charge is 0.394 e. The van der Waals surface area contributed by atoms with Crippen molar-refractivity contribution in [2.24, 2.45) is 16.5 Å². The van der Waals surface area contributed by atoms with E-state index in [0.29, 0.717) is 16.3 Å². The van der Waals surface area contributed by atoms with Crippen molar-refractivity contribution in [1.29, 1.82) is 0 Å². The Morgan fingerprint density at radius 2 is 1.65 bits per heavy atom. The second-order valence-corrected chi connectivity index (χ2v) is 9.11. The number of aliphatic hydroxyl groups excluding tert-OH is 1. The summed E-state index contributed by atoms with van der Waals surface area (Å²) in [6, 6.07) is 10.2. The number of hydrogen-bond acceptors (Lipinski definition) is 7. The van der Waals surface area contributed by atoms with Gasteiger partial charge >= 0.3 is 0 Å². The van der Waals surface area contributed by atoms with E-state index in [2.05, 4.69) is 20.3 Å². The smallest absolute Gasteiger partial charge is 0.257 e. The minimum Gasteiger partial charge on any atom is -0.394 e. The van der Waals surface area contributed by atoms with E-state index in [1.807, 2.05) is 0 Å². The van der Waals surface area contributed by atoms with Crippen LogP contribution >= 0.6 is 11.6 Å². The third-order valence-corrected chi connectivity index (χ3v) is 5.76. The van der Waals surface area contributed by atoms with Crippen LogP contribution in [0.1, 0.15) is 15.9 Å². The molecule has 3 amide bonds. The lowest BCUT2D eigenvalue weighted by Crippen LogP contribution is -2.51. The Hall–Kier alpha value is -3.52. The van der Waals surface area contributed by atoms with Gasteiger partial charge in [0.1, 0.15) is 6.04 Å². The predicted octanol–water partition coefficient (Wildman–Crippen LogP) is -0.902. The van der Waals surface area contributed by atoms with Crippen molar-refractivity contribution in [3.05, 3.63) is 64.7 Å². The van der Waals surface area contributed by atoms with Crippen LogP contribution in [-0.4, -0.2) is 56.4 Å². The number of halogens is 1. The van der Waals surface area contributed by atoms with Gasteiger partial charge in [0, 0.05) is 10.6 Å². The van der Waals surface area contributed by atoms with E-state index in [9.17, 15) is 27.9 Å². The molecule has 182 valence electrons. The fourth-order valence-corrected chi connectivity index (χ4v) is 4.06. The van der Waals surface area contributed by atoms with Crippen molar-refractivity contribution in [3.8, 4) is 0 Å². The van der Waals surface area contributed by atoms with Crippen LogP contribution in [0.4, 0.5) is 5.69 Å². The van der Waals surface area contributed by atoms with Gasteiger partial charge in [0.2, 0.25) is 21.8 Å². The molecule has 2 aromatic carbocycles. The van der Waals surface area contributed by atoms with Crippen LogP contribution in [0.2, 0.25) is 5.02 Å². The molecule has 0 radical (unpaired) electrons. The monoisotopic (exact) mass is 510 g/mol. The molecule has 0 saturated carbocycles. The number of amides is 3. The number of benzene rings is 2. The zero-order valence-corrected chi connectivity index (χ0v) is 19.3. The van der Waals surface area contributed by atoms with Gasteiger partial charge in [-0.05, 0) is 42.0 Å². The molecule has 0 fully saturated rings. The van der Waals surface area contributed by atoms with E-state index in [-0.39, 0.29) is 11.5 Å². The second-order valence-electron chi connectivity index (χ2n) is 6.92. The number of aliphatic imine (C=N–C) groups is 1. The average Bonchev–Trinajstić information content (AvgIpc) is 2.77. The third-order valence-electron chi connectivity index (χ3n) is 4.15. The average molecular weight is 511 g/mol. The molecule has 0 saturated heterocycles. The number of nitrogens with two attached hydrogens (primary N) is 2.